The van der Waals surface area contributed by atoms with Gasteiger partial charge in [0.15, 0.2) is 9.84 Å². The highest BCUT2D eigenvalue weighted by molar-refractivity contribution is 7.90. The SMILES string of the molecule is CS(=O)(=O)c1ccc(NC2=CC=C=C(S(=O)[O-])C=C2)cc1. The van der Waals surface area contributed by atoms with E-state index in [0.29, 0.717) is 11.4 Å². The van der Waals surface area contributed by atoms with Gasteiger partial charge < -0.3 is 9.87 Å². The van der Waals surface area contributed by atoms with E-state index in [0.717, 1.165) is 6.26 Å². The second kappa shape index (κ2) is 6.24. The number of sulfone groups is 1. The fraction of sp³-hybridized carbons (Fsp3) is 0.0714. The van der Waals surface area contributed by atoms with Gasteiger partial charge in [-0.1, -0.05) is 0 Å². The maximum Gasteiger partial charge on any atom is 0.175 e. The van der Waals surface area contributed by atoms with E-state index < -0.39 is 20.9 Å². The first kappa shape index (κ1) is 15.5. The van der Waals surface area contributed by atoms with Crippen molar-refractivity contribution < 1.29 is 17.2 Å². The smallest absolute Gasteiger partial charge is 0.175 e. The van der Waals surface area contributed by atoms with Crippen molar-refractivity contribution in [3.63, 3.8) is 0 Å². The second-order valence-electron chi connectivity index (χ2n) is 4.29. The summed E-state index contributed by atoms with van der Waals surface area (Å²) in [7, 11) is -3.22. The summed E-state index contributed by atoms with van der Waals surface area (Å²) < 4.78 is 44.4. The molecule has 1 unspecified atom stereocenters. The molecule has 0 saturated heterocycles. The van der Waals surface area contributed by atoms with Gasteiger partial charge in [-0.3, -0.25) is 4.21 Å². The highest BCUT2D eigenvalue weighted by Crippen LogP contribution is 2.17. The number of rotatable bonds is 4. The Bertz CT molecular complexity index is 796. The molecule has 1 aromatic rings. The summed E-state index contributed by atoms with van der Waals surface area (Å²) in [6, 6.07) is 6.29. The largest absolute Gasteiger partial charge is 0.768 e. The first-order valence-corrected chi connectivity index (χ1v) is 8.84. The zero-order valence-electron chi connectivity index (χ0n) is 11.1. The van der Waals surface area contributed by atoms with Crippen LogP contribution in [0.4, 0.5) is 5.69 Å². The monoisotopic (exact) mass is 322 g/mol. The maximum atomic E-state index is 11.4. The van der Waals surface area contributed by atoms with Crippen LogP contribution in [0, 0.1) is 0 Å². The van der Waals surface area contributed by atoms with E-state index in [1.807, 2.05) is 0 Å². The Kier molecular flexibility index (Phi) is 4.59. The van der Waals surface area contributed by atoms with Gasteiger partial charge in [-0.2, -0.15) is 0 Å². The van der Waals surface area contributed by atoms with Crippen molar-refractivity contribution in [2.45, 2.75) is 4.90 Å². The molecule has 0 aliphatic heterocycles. The molecule has 0 saturated carbocycles. The fourth-order valence-electron chi connectivity index (χ4n) is 1.62. The lowest BCUT2D eigenvalue weighted by Gasteiger charge is -2.07. The predicted octanol–water partition coefficient (Wildman–Crippen LogP) is 1.87. The molecule has 21 heavy (non-hydrogen) atoms. The summed E-state index contributed by atoms with van der Waals surface area (Å²) in [6.45, 7) is 0. The first-order valence-electron chi connectivity index (χ1n) is 5.88. The topological polar surface area (TPSA) is 86.3 Å². The van der Waals surface area contributed by atoms with Crippen LogP contribution < -0.4 is 5.32 Å². The van der Waals surface area contributed by atoms with Crippen LogP contribution in [0.2, 0.25) is 0 Å². The Morgan fingerprint density at radius 1 is 1.19 bits per heavy atom. The zero-order chi connectivity index (χ0) is 15.5. The summed E-state index contributed by atoms with van der Waals surface area (Å²) >= 11 is -2.33. The van der Waals surface area contributed by atoms with Crippen LogP contribution in [-0.2, 0) is 20.9 Å². The molecule has 0 amide bonds. The average Bonchev–Trinajstić information content (AvgIpc) is 2.64. The summed E-state index contributed by atoms with van der Waals surface area (Å²) in [5.74, 6) is 0. The number of nitrogens with one attached hydrogen (secondary N) is 1. The molecule has 1 atom stereocenters. The number of hydrogen-bond donors (Lipinski definition) is 1. The van der Waals surface area contributed by atoms with Gasteiger partial charge in [0, 0.05) is 17.6 Å². The molecule has 1 aliphatic carbocycles. The minimum Gasteiger partial charge on any atom is -0.768 e. The van der Waals surface area contributed by atoms with Gasteiger partial charge in [-0.15, -0.1) is 5.73 Å². The molecule has 7 heteroatoms. The van der Waals surface area contributed by atoms with E-state index in [-0.39, 0.29) is 9.80 Å². The lowest BCUT2D eigenvalue weighted by molar-refractivity contribution is 0.544. The Labute approximate surface area is 125 Å². The van der Waals surface area contributed by atoms with Gasteiger partial charge in [0.05, 0.1) is 9.80 Å². The molecule has 0 aromatic heterocycles. The summed E-state index contributed by atoms with van der Waals surface area (Å²) in [4.78, 5) is 0.305. The third-order valence-electron chi connectivity index (χ3n) is 2.65. The van der Waals surface area contributed by atoms with Crippen LogP contribution in [0.15, 0.2) is 69.8 Å². The van der Waals surface area contributed by atoms with Crippen LogP contribution in [-0.4, -0.2) is 23.4 Å². The van der Waals surface area contributed by atoms with Crippen LogP contribution in [0.1, 0.15) is 0 Å². The lowest BCUT2D eigenvalue weighted by atomic mass is 10.3. The molecule has 0 bridgehead atoms. The van der Waals surface area contributed by atoms with Crippen molar-refractivity contribution >= 4 is 26.6 Å². The summed E-state index contributed by atoms with van der Waals surface area (Å²) in [5.41, 5.74) is 3.98. The molecule has 5 nitrogen and oxygen atoms in total. The van der Waals surface area contributed by atoms with Crippen molar-refractivity contribution in [3.8, 4) is 0 Å². The number of anilines is 1. The van der Waals surface area contributed by atoms with Crippen LogP contribution in [0.25, 0.3) is 0 Å². The Morgan fingerprint density at radius 2 is 1.86 bits per heavy atom. The molecule has 0 spiro atoms. The van der Waals surface area contributed by atoms with E-state index in [1.165, 1.54) is 24.3 Å². The molecular weight excluding hydrogens is 310 g/mol. The molecule has 0 heterocycles. The predicted molar refractivity (Wildman–Crippen MR) is 80.9 cm³/mol. The Balaban J connectivity index is 2.14. The molecule has 0 radical (unpaired) electrons. The molecule has 110 valence electrons. The van der Waals surface area contributed by atoms with Crippen molar-refractivity contribution in [2.24, 2.45) is 0 Å². The number of benzene rings is 1. The minimum atomic E-state index is -3.22. The fourth-order valence-corrected chi connectivity index (χ4v) is 2.60. The normalized spacial score (nSPS) is 15.9. The molecule has 0 fully saturated rings. The highest BCUT2D eigenvalue weighted by atomic mass is 32.2. The zero-order valence-corrected chi connectivity index (χ0v) is 12.7. The Hall–Kier alpha value is -1.92. The van der Waals surface area contributed by atoms with Crippen molar-refractivity contribution in [1.29, 1.82) is 0 Å². The van der Waals surface area contributed by atoms with E-state index in [1.54, 1.807) is 24.3 Å². The molecule has 2 rings (SSSR count). The van der Waals surface area contributed by atoms with Gasteiger partial charge in [0.1, 0.15) is 0 Å². The third kappa shape index (κ3) is 4.27. The van der Waals surface area contributed by atoms with Gasteiger partial charge in [-0.25, -0.2) is 8.42 Å². The van der Waals surface area contributed by atoms with Gasteiger partial charge >= 0.3 is 0 Å². The van der Waals surface area contributed by atoms with E-state index in [2.05, 4.69) is 11.0 Å². The summed E-state index contributed by atoms with van der Waals surface area (Å²) in [6.07, 6.45) is 7.34. The average molecular weight is 322 g/mol. The van der Waals surface area contributed by atoms with E-state index in [9.17, 15) is 17.2 Å². The lowest BCUT2D eigenvalue weighted by Crippen LogP contribution is -1.99. The van der Waals surface area contributed by atoms with Crippen molar-refractivity contribution in [2.75, 3.05) is 11.6 Å². The molecular formula is C14H12NO4S2-. The van der Waals surface area contributed by atoms with Crippen molar-refractivity contribution in [1.82, 2.24) is 0 Å². The highest BCUT2D eigenvalue weighted by Gasteiger charge is 2.06. The van der Waals surface area contributed by atoms with Crippen LogP contribution >= 0.6 is 0 Å². The third-order valence-corrected chi connectivity index (χ3v) is 4.39. The summed E-state index contributed by atoms with van der Waals surface area (Å²) in [5, 5.41) is 3.05. The van der Waals surface area contributed by atoms with Gasteiger partial charge in [0.2, 0.25) is 0 Å². The standard InChI is InChI=1S/C14H13NO4S2/c1-21(18,19)14-9-6-12(7-10-14)15-11-3-2-4-13(8-5-11)20(16)17/h2-3,5-10,15H,1H3,(H,16,17)/p-1. The van der Waals surface area contributed by atoms with Gasteiger partial charge in [-0.05, 0) is 59.6 Å². The molecule has 1 aliphatic rings. The van der Waals surface area contributed by atoms with E-state index >= 15 is 0 Å². The number of hydrogen-bond acceptors (Lipinski definition) is 5. The van der Waals surface area contributed by atoms with Crippen LogP contribution in [0.3, 0.4) is 0 Å². The quantitative estimate of drug-likeness (QED) is 0.675. The minimum absolute atomic E-state index is 0.0653. The number of allylic oxidation sites excluding steroid dienone is 3. The first-order chi connectivity index (χ1) is 9.86. The van der Waals surface area contributed by atoms with Gasteiger partial charge in [0.25, 0.3) is 0 Å². The molecule has 1 aromatic carbocycles. The second-order valence-corrected chi connectivity index (χ2v) is 7.21. The van der Waals surface area contributed by atoms with Crippen LogP contribution in [0.5, 0.6) is 0 Å². The molecule has 1 N–H and O–H groups in total. The van der Waals surface area contributed by atoms with Crippen molar-refractivity contribution in [3.05, 3.63) is 64.9 Å². The van der Waals surface area contributed by atoms with E-state index in [4.69, 9.17) is 0 Å². The maximum absolute atomic E-state index is 11.4. The Morgan fingerprint density at radius 3 is 2.43 bits per heavy atom.